The fourth-order valence-corrected chi connectivity index (χ4v) is 3.45. The van der Waals surface area contributed by atoms with Gasteiger partial charge in [0, 0.05) is 31.7 Å². The van der Waals surface area contributed by atoms with Gasteiger partial charge in [-0.1, -0.05) is 12.1 Å². The molecule has 1 aromatic heterocycles. The van der Waals surface area contributed by atoms with Crippen molar-refractivity contribution in [1.82, 2.24) is 30.0 Å². The van der Waals surface area contributed by atoms with Gasteiger partial charge < -0.3 is 4.90 Å². The van der Waals surface area contributed by atoms with Crippen molar-refractivity contribution < 1.29 is 4.79 Å². The summed E-state index contributed by atoms with van der Waals surface area (Å²) in [5.41, 5.74) is 1.91. The van der Waals surface area contributed by atoms with Gasteiger partial charge in [-0.25, -0.2) is 4.68 Å². The van der Waals surface area contributed by atoms with Gasteiger partial charge in [0.2, 0.25) is 5.91 Å². The van der Waals surface area contributed by atoms with Crippen LogP contribution in [0.2, 0.25) is 0 Å². The maximum Gasteiger partial charge on any atom is 0.227 e. The zero-order valence-corrected chi connectivity index (χ0v) is 13.9. The molecule has 7 heteroatoms. The monoisotopic (exact) mass is 326 g/mol. The Kier molecular flexibility index (Phi) is 4.02. The molecule has 7 nitrogen and oxygen atoms in total. The molecule has 1 saturated heterocycles. The number of amides is 1. The number of carbonyl (C=O) groups excluding carboxylic acids is 1. The molecule has 2 heterocycles. The second kappa shape index (κ2) is 6.32. The highest BCUT2D eigenvalue weighted by atomic mass is 16.2. The van der Waals surface area contributed by atoms with Crippen LogP contribution in [0, 0.1) is 0 Å². The summed E-state index contributed by atoms with van der Waals surface area (Å²) in [5, 5.41) is 11.1. The number of rotatable bonds is 4. The number of tetrazole rings is 1. The number of hydrogen-bond donors (Lipinski definition) is 0. The lowest BCUT2D eigenvalue weighted by atomic mass is 10.1. The standard InChI is InChI=1S/C17H22N6O/c1-13-11-21(15-6-7-15)8-9-22(13)17(24)10-14-2-4-16(5-3-14)23-12-18-19-20-23/h2-5,12-13,15H,6-11H2,1H3. The topological polar surface area (TPSA) is 67.2 Å². The predicted octanol–water partition coefficient (Wildman–Crippen LogP) is 0.900. The van der Waals surface area contributed by atoms with E-state index in [1.54, 1.807) is 11.0 Å². The number of carbonyl (C=O) groups is 1. The summed E-state index contributed by atoms with van der Waals surface area (Å²) in [4.78, 5) is 17.2. The van der Waals surface area contributed by atoms with Crippen molar-refractivity contribution in [3.8, 4) is 5.69 Å². The van der Waals surface area contributed by atoms with E-state index in [9.17, 15) is 4.79 Å². The van der Waals surface area contributed by atoms with Crippen molar-refractivity contribution in [3.05, 3.63) is 36.2 Å². The second-order valence-corrected chi connectivity index (χ2v) is 6.76. The fourth-order valence-electron chi connectivity index (χ4n) is 3.45. The molecule has 4 rings (SSSR count). The molecule has 0 bridgehead atoms. The summed E-state index contributed by atoms with van der Waals surface area (Å²) in [6.45, 7) is 5.03. The molecule has 1 amide bonds. The second-order valence-electron chi connectivity index (χ2n) is 6.76. The highest BCUT2D eigenvalue weighted by Crippen LogP contribution is 2.28. The van der Waals surface area contributed by atoms with Crippen LogP contribution in [0.3, 0.4) is 0 Å². The smallest absolute Gasteiger partial charge is 0.227 e. The molecule has 1 aliphatic heterocycles. The Hall–Kier alpha value is -2.28. The van der Waals surface area contributed by atoms with E-state index in [0.717, 1.165) is 36.9 Å². The molecule has 2 fully saturated rings. The first kappa shape index (κ1) is 15.3. The van der Waals surface area contributed by atoms with Crippen LogP contribution in [0.15, 0.2) is 30.6 Å². The first-order valence-electron chi connectivity index (χ1n) is 8.56. The lowest BCUT2D eigenvalue weighted by Crippen LogP contribution is -2.54. The van der Waals surface area contributed by atoms with E-state index in [1.807, 2.05) is 29.2 Å². The molecule has 1 saturated carbocycles. The summed E-state index contributed by atoms with van der Waals surface area (Å²) < 4.78 is 1.60. The molecule has 24 heavy (non-hydrogen) atoms. The van der Waals surface area contributed by atoms with Crippen LogP contribution in [-0.4, -0.2) is 67.6 Å². The number of piperazine rings is 1. The van der Waals surface area contributed by atoms with Crippen LogP contribution in [0.4, 0.5) is 0 Å². The van der Waals surface area contributed by atoms with Crippen LogP contribution < -0.4 is 0 Å². The molecule has 1 aliphatic carbocycles. The van der Waals surface area contributed by atoms with Crippen LogP contribution in [-0.2, 0) is 11.2 Å². The molecule has 2 aliphatic rings. The van der Waals surface area contributed by atoms with E-state index in [1.165, 1.54) is 12.8 Å². The Morgan fingerprint density at radius 2 is 2.00 bits per heavy atom. The maximum absolute atomic E-state index is 12.7. The van der Waals surface area contributed by atoms with E-state index >= 15 is 0 Å². The minimum atomic E-state index is 0.216. The first-order valence-corrected chi connectivity index (χ1v) is 8.56. The van der Waals surface area contributed by atoms with Crippen molar-refractivity contribution in [2.75, 3.05) is 19.6 Å². The van der Waals surface area contributed by atoms with Crippen LogP contribution in [0.1, 0.15) is 25.3 Å². The molecule has 0 spiro atoms. The lowest BCUT2D eigenvalue weighted by Gasteiger charge is -2.40. The largest absolute Gasteiger partial charge is 0.337 e. The van der Waals surface area contributed by atoms with Gasteiger partial charge in [0.15, 0.2) is 0 Å². The third-order valence-corrected chi connectivity index (χ3v) is 4.95. The van der Waals surface area contributed by atoms with Gasteiger partial charge in [0.05, 0.1) is 12.1 Å². The first-order chi connectivity index (χ1) is 11.7. The number of hydrogen-bond acceptors (Lipinski definition) is 5. The molecule has 126 valence electrons. The summed E-state index contributed by atoms with van der Waals surface area (Å²) in [7, 11) is 0. The Morgan fingerprint density at radius 1 is 1.21 bits per heavy atom. The minimum absolute atomic E-state index is 0.216. The highest BCUT2D eigenvalue weighted by molar-refractivity contribution is 5.79. The fraction of sp³-hybridized carbons (Fsp3) is 0.529. The average molecular weight is 326 g/mol. The molecule has 2 aromatic rings. The van der Waals surface area contributed by atoms with Gasteiger partial charge in [-0.2, -0.15) is 0 Å². The van der Waals surface area contributed by atoms with Crippen LogP contribution in [0.5, 0.6) is 0 Å². The lowest BCUT2D eigenvalue weighted by molar-refractivity contribution is -0.135. The van der Waals surface area contributed by atoms with Gasteiger partial charge >= 0.3 is 0 Å². The van der Waals surface area contributed by atoms with Crippen molar-refractivity contribution >= 4 is 5.91 Å². The Balaban J connectivity index is 1.37. The van der Waals surface area contributed by atoms with Crippen molar-refractivity contribution in [2.45, 2.75) is 38.3 Å². The number of aromatic nitrogens is 4. The van der Waals surface area contributed by atoms with Crippen molar-refractivity contribution in [1.29, 1.82) is 0 Å². The molecule has 0 radical (unpaired) electrons. The molecule has 0 N–H and O–H groups in total. The van der Waals surface area contributed by atoms with E-state index in [2.05, 4.69) is 27.3 Å². The summed E-state index contributed by atoms with van der Waals surface area (Å²) in [5.74, 6) is 0.216. The molecule has 1 aromatic carbocycles. The summed E-state index contributed by atoms with van der Waals surface area (Å²) >= 11 is 0. The van der Waals surface area contributed by atoms with Crippen molar-refractivity contribution in [2.24, 2.45) is 0 Å². The minimum Gasteiger partial charge on any atom is -0.337 e. The molecule has 1 atom stereocenters. The highest BCUT2D eigenvalue weighted by Gasteiger charge is 2.35. The van der Waals surface area contributed by atoms with E-state index in [0.29, 0.717) is 12.5 Å². The third kappa shape index (κ3) is 3.17. The number of benzene rings is 1. The third-order valence-electron chi connectivity index (χ3n) is 4.95. The van der Waals surface area contributed by atoms with E-state index in [4.69, 9.17) is 0 Å². The zero-order valence-electron chi connectivity index (χ0n) is 13.9. The van der Waals surface area contributed by atoms with Gasteiger partial charge in [-0.3, -0.25) is 9.69 Å². The van der Waals surface area contributed by atoms with E-state index in [-0.39, 0.29) is 5.91 Å². The maximum atomic E-state index is 12.7. The average Bonchev–Trinajstić information content (AvgIpc) is 3.30. The van der Waals surface area contributed by atoms with Crippen molar-refractivity contribution in [3.63, 3.8) is 0 Å². The zero-order chi connectivity index (χ0) is 16.5. The van der Waals surface area contributed by atoms with Gasteiger partial charge in [-0.15, -0.1) is 5.10 Å². The molecule has 1 unspecified atom stereocenters. The Labute approximate surface area is 141 Å². The quantitative estimate of drug-likeness (QED) is 0.835. The Bertz CT molecular complexity index is 694. The number of nitrogens with zero attached hydrogens (tertiary/aromatic N) is 6. The van der Waals surface area contributed by atoms with Gasteiger partial charge in [-0.05, 0) is 47.9 Å². The van der Waals surface area contributed by atoms with Gasteiger partial charge in [0.1, 0.15) is 6.33 Å². The summed E-state index contributed by atoms with van der Waals surface area (Å²) in [6.07, 6.45) is 4.66. The predicted molar refractivity (Wildman–Crippen MR) is 88.6 cm³/mol. The van der Waals surface area contributed by atoms with Crippen LogP contribution in [0.25, 0.3) is 5.69 Å². The summed E-state index contributed by atoms with van der Waals surface area (Å²) in [6, 6.07) is 8.90. The molecular weight excluding hydrogens is 304 g/mol. The van der Waals surface area contributed by atoms with Gasteiger partial charge in [0.25, 0.3) is 0 Å². The van der Waals surface area contributed by atoms with E-state index < -0.39 is 0 Å². The molecular formula is C17H22N6O. The Morgan fingerprint density at radius 3 is 2.62 bits per heavy atom. The SMILES string of the molecule is CC1CN(C2CC2)CCN1C(=O)Cc1ccc(-n2cnnn2)cc1. The van der Waals surface area contributed by atoms with Crippen LogP contribution >= 0.6 is 0 Å². The normalized spacial score (nSPS) is 21.9.